The summed E-state index contributed by atoms with van der Waals surface area (Å²) in [7, 11) is 0. The topological polar surface area (TPSA) is 74.8 Å². The number of benzene rings is 1. The lowest BCUT2D eigenvalue weighted by Crippen LogP contribution is -2.36. The minimum Gasteiger partial charge on any atom is -0.332 e. The van der Waals surface area contributed by atoms with Crippen molar-refractivity contribution >= 4 is 16.9 Å². The van der Waals surface area contributed by atoms with Crippen molar-refractivity contribution in [1.82, 2.24) is 25.1 Å². The quantitative estimate of drug-likeness (QED) is 0.733. The molecule has 1 aliphatic rings. The molecule has 104 valence electrons. The first kappa shape index (κ1) is 12.0. The highest BCUT2D eigenvalue weighted by Gasteiger charge is 2.24. The second-order valence-corrected chi connectivity index (χ2v) is 5.09. The van der Waals surface area contributed by atoms with Crippen LogP contribution >= 0.6 is 0 Å². The predicted molar refractivity (Wildman–Crippen MR) is 76.6 cm³/mol. The van der Waals surface area contributed by atoms with E-state index < -0.39 is 0 Å². The molecule has 3 heterocycles. The van der Waals surface area contributed by atoms with E-state index in [4.69, 9.17) is 0 Å². The van der Waals surface area contributed by atoms with Crippen LogP contribution in [0.3, 0.4) is 0 Å². The standard InChI is InChI=1S/C15H13N5O/c21-15(20-6-5-11-10(9-20)7-17-19-11)14-8-16-12-3-1-2-4-13(12)18-14/h1-4,7-8H,5-6,9H2,(H,17,19). The molecule has 0 spiro atoms. The summed E-state index contributed by atoms with van der Waals surface area (Å²) in [4.78, 5) is 23.1. The highest BCUT2D eigenvalue weighted by molar-refractivity contribution is 5.93. The number of hydrogen-bond acceptors (Lipinski definition) is 4. The molecule has 0 unspecified atom stereocenters. The van der Waals surface area contributed by atoms with Gasteiger partial charge in [0.25, 0.3) is 5.91 Å². The van der Waals surface area contributed by atoms with Crippen molar-refractivity contribution in [2.75, 3.05) is 6.54 Å². The van der Waals surface area contributed by atoms with Gasteiger partial charge in [-0.05, 0) is 12.1 Å². The number of fused-ring (bicyclic) bond motifs is 2. The Morgan fingerprint density at radius 3 is 2.95 bits per heavy atom. The molecule has 6 nitrogen and oxygen atoms in total. The number of H-pyrrole nitrogens is 1. The van der Waals surface area contributed by atoms with Gasteiger partial charge in [-0.3, -0.25) is 14.9 Å². The SMILES string of the molecule is O=C(c1cnc2ccccc2n1)N1CCc2[nH]ncc2C1. The zero-order valence-corrected chi connectivity index (χ0v) is 11.3. The zero-order chi connectivity index (χ0) is 14.2. The molecule has 0 aliphatic carbocycles. The molecule has 3 aromatic rings. The summed E-state index contributed by atoms with van der Waals surface area (Å²) >= 11 is 0. The predicted octanol–water partition coefficient (Wildman–Crippen LogP) is 1.55. The lowest BCUT2D eigenvalue weighted by atomic mass is 10.1. The molecule has 6 heteroatoms. The number of aromatic nitrogens is 4. The Bertz CT molecular complexity index is 826. The van der Waals surface area contributed by atoms with Gasteiger partial charge in [0.05, 0.1) is 23.4 Å². The Labute approximate surface area is 120 Å². The van der Waals surface area contributed by atoms with Crippen molar-refractivity contribution in [3.05, 3.63) is 53.6 Å². The molecule has 0 radical (unpaired) electrons. The lowest BCUT2D eigenvalue weighted by molar-refractivity contribution is 0.0728. The van der Waals surface area contributed by atoms with E-state index in [1.165, 1.54) is 0 Å². The maximum absolute atomic E-state index is 12.6. The Hall–Kier alpha value is -2.76. The van der Waals surface area contributed by atoms with Crippen molar-refractivity contribution in [1.29, 1.82) is 0 Å². The van der Waals surface area contributed by atoms with Gasteiger partial charge in [0.2, 0.25) is 0 Å². The number of amides is 1. The summed E-state index contributed by atoms with van der Waals surface area (Å²) < 4.78 is 0. The number of para-hydroxylation sites is 2. The maximum Gasteiger partial charge on any atom is 0.274 e. The summed E-state index contributed by atoms with van der Waals surface area (Å²) in [5.74, 6) is -0.0832. The van der Waals surface area contributed by atoms with Crippen LogP contribution in [0.4, 0.5) is 0 Å². The van der Waals surface area contributed by atoms with Crippen LogP contribution < -0.4 is 0 Å². The summed E-state index contributed by atoms with van der Waals surface area (Å²) in [6, 6.07) is 7.55. The fourth-order valence-corrected chi connectivity index (χ4v) is 2.62. The molecule has 4 rings (SSSR count). The van der Waals surface area contributed by atoms with Gasteiger partial charge in [0.15, 0.2) is 0 Å². The number of aromatic amines is 1. The molecule has 0 fully saturated rings. The van der Waals surface area contributed by atoms with E-state index in [0.717, 1.165) is 28.7 Å². The van der Waals surface area contributed by atoms with Gasteiger partial charge < -0.3 is 4.90 Å². The number of hydrogen-bond donors (Lipinski definition) is 1. The molecule has 21 heavy (non-hydrogen) atoms. The molecular weight excluding hydrogens is 266 g/mol. The summed E-state index contributed by atoms with van der Waals surface area (Å²) in [6.45, 7) is 1.24. The van der Waals surface area contributed by atoms with E-state index >= 15 is 0 Å². The van der Waals surface area contributed by atoms with E-state index in [1.54, 1.807) is 17.3 Å². The molecule has 0 atom stereocenters. The van der Waals surface area contributed by atoms with Crippen LogP contribution in [0.1, 0.15) is 21.7 Å². The van der Waals surface area contributed by atoms with Gasteiger partial charge in [-0.15, -0.1) is 0 Å². The lowest BCUT2D eigenvalue weighted by Gasteiger charge is -2.26. The normalized spacial score (nSPS) is 14.2. The Morgan fingerprint density at radius 2 is 2.05 bits per heavy atom. The average Bonchev–Trinajstić information content (AvgIpc) is 3.01. The summed E-state index contributed by atoms with van der Waals surface area (Å²) in [5.41, 5.74) is 4.11. The van der Waals surface area contributed by atoms with Crippen molar-refractivity contribution in [3.8, 4) is 0 Å². The van der Waals surface area contributed by atoms with Crippen molar-refractivity contribution in [2.24, 2.45) is 0 Å². The van der Waals surface area contributed by atoms with Crippen LogP contribution in [0.2, 0.25) is 0 Å². The number of carbonyl (C=O) groups is 1. The van der Waals surface area contributed by atoms with Gasteiger partial charge in [0.1, 0.15) is 5.69 Å². The third kappa shape index (κ3) is 2.05. The summed E-state index contributed by atoms with van der Waals surface area (Å²) in [5, 5.41) is 6.99. The first-order chi connectivity index (χ1) is 10.3. The van der Waals surface area contributed by atoms with Gasteiger partial charge in [-0.25, -0.2) is 4.98 Å². The average molecular weight is 279 g/mol. The van der Waals surface area contributed by atoms with Crippen LogP contribution in [0.15, 0.2) is 36.7 Å². The fraction of sp³-hybridized carbons (Fsp3) is 0.200. The van der Waals surface area contributed by atoms with Gasteiger partial charge in [-0.1, -0.05) is 12.1 Å². The number of nitrogens with one attached hydrogen (secondary N) is 1. The molecule has 0 bridgehead atoms. The van der Waals surface area contributed by atoms with Crippen LogP contribution in [0, 0.1) is 0 Å². The Morgan fingerprint density at radius 1 is 1.19 bits per heavy atom. The smallest absolute Gasteiger partial charge is 0.274 e. The number of rotatable bonds is 1. The molecule has 1 amide bonds. The van der Waals surface area contributed by atoms with E-state index in [1.807, 2.05) is 24.3 Å². The van der Waals surface area contributed by atoms with Crippen molar-refractivity contribution in [2.45, 2.75) is 13.0 Å². The van der Waals surface area contributed by atoms with E-state index in [9.17, 15) is 4.79 Å². The van der Waals surface area contributed by atoms with Crippen molar-refractivity contribution in [3.63, 3.8) is 0 Å². The number of carbonyl (C=O) groups excluding carboxylic acids is 1. The minimum absolute atomic E-state index is 0.0832. The van der Waals surface area contributed by atoms with Gasteiger partial charge >= 0.3 is 0 Å². The first-order valence-corrected chi connectivity index (χ1v) is 6.83. The van der Waals surface area contributed by atoms with Crippen LogP contribution in [0.5, 0.6) is 0 Å². The maximum atomic E-state index is 12.6. The van der Waals surface area contributed by atoms with E-state index in [0.29, 0.717) is 18.8 Å². The molecule has 1 aliphatic heterocycles. The summed E-state index contributed by atoms with van der Waals surface area (Å²) in [6.07, 6.45) is 4.12. The van der Waals surface area contributed by atoms with E-state index in [2.05, 4.69) is 20.2 Å². The first-order valence-electron chi connectivity index (χ1n) is 6.83. The highest BCUT2D eigenvalue weighted by Crippen LogP contribution is 2.18. The zero-order valence-electron chi connectivity index (χ0n) is 11.3. The van der Waals surface area contributed by atoms with Crippen LogP contribution in [-0.2, 0) is 13.0 Å². The number of nitrogens with zero attached hydrogens (tertiary/aromatic N) is 4. The van der Waals surface area contributed by atoms with Crippen LogP contribution in [-0.4, -0.2) is 37.5 Å². The second-order valence-electron chi connectivity index (χ2n) is 5.09. The van der Waals surface area contributed by atoms with Crippen LogP contribution in [0.25, 0.3) is 11.0 Å². The molecule has 0 saturated carbocycles. The minimum atomic E-state index is -0.0832. The van der Waals surface area contributed by atoms with Crippen molar-refractivity contribution < 1.29 is 4.79 Å². The Balaban J connectivity index is 1.64. The molecule has 1 aromatic carbocycles. The molecule has 0 saturated heterocycles. The van der Waals surface area contributed by atoms with Gasteiger partial charge in [-0.2, -0.15) is 5.10 Å². The Kier molecular flexibility index (Phi) is 2.67. The second kappa shape index (κ2) is 4.66. The third-order valence-electron chi connectivity index (χ3n) is 3.76. The molecular formula is C15H13N5O. The van der Waals surface area contributed by atoms with Gasteiger partial charge in [0, 0.05) is 30.8 Å². The highest BCUT2D eigenvalue weighted by atomic mass is 16.2. The molecule has 1 N–H and O–H groups in total. The monoisotopic (exact) mass is 279 g/mol. The largest absolute Gasteiger partial charge is 0.332 e. The molecule has 2 aromatic heterocycles. The van der Waals surface area contributed by atoms with E-state index in [-0.39, 0.29) is 5.91 Å². The third-order valence-corrected chi connectivity index (χ3v) is 3.76. The fourth-order valence-electron chi connectivity index (χ4n) is 2.62.